The molecule has 0 aliphatic carbocycles. The second-order valence-corrected chi connectivity index (χ2v) is 5.07. The van der Waals surface area contributed by atoms with E-state index in [1.165, 1.54) is 28.9 Å². The summed E-state index contributed by atoms with van der Waals surface area (Å²) in [6.07, 6.45) is 3.26. The molecule has 18 heavy (non-hydrogen) atoms. The topological polar surface area (TPSA) is 29.9 Å². The molecular weight excluding hydrogens is 222 g/mol. The van der Waals surface area contributed by atoms with Gasteiger partial charge < -0.3 is 5.32 Å². The average Bonchev–Trinajstić information content (AvgIpc) is 2.99. The lowest BCUT2D eigenvalue weighted by molar-refractivity contribution is 0.752. The molecule has 1 aliphatic rings. The van der Waals surface area contributed by atoms with Crippen LogP contribution in [0.15, 0.2) is 30.5 Å². The van der Waals surface area contributed by atoms with Crippen LogP contribution in [0.4, 0.5) is 0 Å². The SMILES string of the molecule is Cc1ccccc1-n1ncc(C2CCNC2)c1C. The Morgan fingerprint density at radius 3 is 2.83 bits per heavy atom. The highest BCUT2D eigenvalue weighted by Crippen LogP contribution is 2.27. The van der Waals surface area contributed by atoms with Crippen molar-refractivity contribution < 1.29 is 0 Å². The van der Waals surface area contributed by atoms with Crippen LogP contribution in [0.1, 0.15) is 29.2 Å². The third-order valence-electron chi connectivity index (χ3n) is 3.89. The molecule has 0 saturated carbocycles. The van der Waals surface area contributed by atoms with E-state index >= 15 is 0 Å². The number of nitrogens with zero attached hydrogens (tertiary/aromatic N) is 2. The Labute approximate surface area is 108 Å². The number of nitrogens with one attached hydrogen (secondary N) is 1. The summed E-state index contributed by atoms with van der Waals surface area (Å²) in [4.78, 5) is 0. The summed E-state index contributed by atoms with van der Waals surface area (Å²) in [7, 11) is 0. The van der Waals surface area contributed by atoms with Gasteiger partial charge in [0, 0.05) is 18.2 Å². The zero-order valence-corrected chi connectivity index (χ0v) is 11.0. The molecule has 3 rings (SSSR count). The van der Waals surface area contributed by atoms with Crippen LogP contribution in [0, 0.1) is 13.8 Å². The van der Waals surface area contributed by atoms with Gasteiger partial charge in [0.2, 0.25) is 0 Å². The summed E-state index contributed by atoms with van der Waals surface area (Å²) in [5, 5.41) is 8.00. The van der Waals surface area contributed by atoms with E-state index in [4.69, 9.17) is 0 Å². The quantitative estimate of drug-likeness (QED) is 0.875. The third-order valence-corrected chi connectivity index (χ3v) is 3.89. The first kappa shape index (κ1) is 11.5. The van der Waals surface area contributed by atoms with Crippen LogP contribution in [-0.2, 0) is 0 Å². The highest BCUT2D eigenvalue weighted by molar-refractivity contribution is 5.42. The number of para-hydroxylation sites is 1. The molecule has 3 nitrogen and oxygen atoms in total. The van der Waals surface area contributed by atoms with Gasteiger partial charge in [0.05, 0.1) is 11.9 Å². The fourth-order valence-corrected chi connectivity index (χ4v) is 2.79. The van der Waals surface area contributed by atoms with Gasteiger partial charge in [-0.25, -0.2) is 4.68 Å². The number of hydrogen-bond acceptors (Lipinski definition) is 2. The molecule has 0 spiro atoms. The first-order valence-electron chi connectivity index (χ1n) is 6.58. The molecule has 0 amide bonds. The lowest BCUT2D eigenvalue weighted by Gasteiger charge is -2.10. The van der Waals surface area contributed by atoms with E-state index in [-0.39, 0.29) is 0 Å². The maximum Gasteiger partial charge on any atom is 0.0677 e. The number of rotatable bonds is 2. The monoisotopic (exact) mass is 241 g/mol. The number of aryl methyl sites for hydroxylation is 1. The van der Waals surface area contributed by atoms with Crippen LogP contribution in [0.3, 0.4) is 0 Å². The van der Waals surface area contributed by atoms with Crippen molar-refractivity contribution in [3.05, 3.63) is 47.3 Å². The Morgan fingerprint density at radius 1 is 1.28 bits per heavy atom. The summed E-state index contributed by atoms with van der Waals surface area (Å²) >= 11 is 0. The summed E-state index contributed by atoms with van der Waals surface area (Å²) in [6.45, 7) is 6.51. The van der Waals surface area contributed by atoms with Gasteiger partial charge in [-0.2, -0.15) is 5.10 Å². The van der Waals surface area contributed by atoms with Gasteiger partial charge in [0.25, 0.3) is 0 Å². The lowest BCUT2D eigenvalue weighted by Crippen LogP contribution is -2.08. The van der Waals surface area contributed by atoms with E-state index in [9.17, 15) is 0 Å². The summed E-state index contributed by atoms with van der Waals surface area (Å²) in [5.41, 5.74) is 5.12. The number of hydrogen-bond donors (Lipinski definition) is 1. The molecule has 0 radical (unpaired) electrons. The first-order chi connectivity index (χ1) is 8.77. The molecule has 2 heterocycles. The first-order valence-corrected chi connectivity index (χ1v) is 6.58. The lowest BCUT2D eigenvalue weighted by atomic mass is 9.99. The van der Waals surface area contributed by atoms with Crippen LogP contribution in [0.5, 0.6) is 0 Å². The summed E-state index contributed by atoms with van der Waals surface area (Å²) in [5.74, 6) is 0.628. The van der Waals surface area contributed by atoms with Crippen molar-refractivity contribution in [1.82, 2.24) is 15.1 Å². The summed E-state index contributed by atoms with van der Waals surface area (Å²) < 4.78 is 2.07. The van der Waals surface area contributed by atoms with Crippen molar-refractivity contribution in [3.63, 3.8) is 0 Å². The minimum Gasteiger partial charge on any atom is -0.316 e. The number of benzene rings is 1. The van der Waals surface area contributed by atoms with Gasteiger partial charge in [-0.05, 0) is 44.0 Å². The fraction of sp³-hybridized carbons (Fsp3) is 0.400. The Kier molecular flexibility index (Phi) is 2.92. The average molecular weight is 241 g/mol. The predicted octanol–water partition coefficient (Wildman–Crippen LogP) is 2.57. The molecular formula is C15H19N3. The smallest absolute Gasteiger partial charge is 0.0677 e. The van der Waals surface area contributed by atoms with Gasteiger partial charge >= 0.3 is 0 Å². The van der Waals surface area contributed by atoms with E-state index in [0.717, 1.165) is 13.1 Å². The fourth-order valence-electron chi connectivity index (χ4n) is 2.79. The van der Waals surface area contributed by atoms with Gasteiger partial charge in [-0.15, -0.1) is 0 Å². The molecule has 1 atom stereocenters. The Bertz CT molecular complexity index is 551. The molecule has 1 N–H and O–H groups in total. The van der Waals surface area contributed by atoms with Crippen LogP contribution in [0.2, 0.25) is 0 Å². The van der Waals surface area contributed by atoms with Crippen LogP contribution >= 0.6 is 0 Å². The van der Waals surface area contributed by atoms with Gasteiger partial charge in [-0.1, -0.05) is 18.2 Å². The van der Waals surface area contributed by atoms with E-state index in [1.807, 2.05) is 6.20 Å². The van der Waals surface area contributed by atoms with Gasteiger partial charge in [-0.3, -0.25) is 0 Å². The molecule has 1 aliphatic heterocycles. The van der Waals surface area contributed by atoms with E-state index in [0.29, 0.717) is 5.92 Å². The van der Waals surface area contributed by atoms with Crippen LogP contribution in [0.25, 0.3) is 5.69 Å². The Hall–Kier alpha value is -1.61. The van der Waals surface area contributed by atoms with Gasteiger partial charge in [0.15, 0.2) is 0 Å². The molecule has 1 unspecified atom stereocenters. The third kappa shape index (κ3) is 1.85. The van der Waals surface area contributed by atoms with Crippen molar-refractivity contribution >= 4 is 0 Å². The zero-order chi connectivity index (χ0) is 12.5. The Balaban J connectivity index is 2.02. The second kappa shape index (κ2) is 4.58. The van der Waals surface area contributed by atoms with Crippen LogP contribution in [-0.4, -0.2) is 22.9 Å². The molecule has 1 saturated heterocycles. The largest absolute Gasteiger partial charge is 0.316 e. The van der Waals surface area contributed by atoms with Crippen molar-refractivity contribution in [2.45, 2.75) is 26.2 Å². The van der Waals surface area contributed by atoms with Gasteiger partial charge in [0.1, 0.15) is 0 Å². The highest BCUT2D eigenvalue weighted by atomic mass is 15.3. The van der Waals surface area contributed by atoms with Crippen molar-refractivity contribution in [1.29, 1.82) is 0 Å². The molecule has 2 aromatic rings. The summed E-state index contributed by atoms with van der Waals surface area (Å²) in [6, 6.07) is 8.40. The molecule has 1 aromatic carbocycles. The minimum atomic E-state index is 0.628. The molecule has 94 valence electrons. The van der Waals surface area contributed by atoms with Crippen LogP contribution < -0.4 is 5.32 Å². The molecule has 1 aromatic heterocycles. The van der Waals surface area contributed by atoms with E-state index < -0.39 is 0 Å². The molecule has 1 fully saturated rings. The van der Waals surface area contributed by atoms with E-state index in [2.05, 4.69) is 53.2 Å². The standard InChI is InChI=1S/C15H19N3/c1-11-5-3-4-6-15(11)18-12(2)14(10-17-18)13-7-8-16-9-13/h3-6,10,13,16H,7-9H2,1-2H3. The molecule has 0 bridgehead atoms. The molecule has 3 heteroatoms. The normalized spacial score (nSPS) is 19.3. The maximum absolute atomic E-state index is 4.58. The second-order valence-electron chi connectivity index (χ2n) is 5.07. The van der Waals surface area contributed by atoms with Crippen molar-refractivity contribution in [2.75, 3.05) is 13.1 Å². The van der Waals surface area contributed by atoms with Crippen molar-refractivity contribution in [3.8, 4) is 5.69 Å². The van der Waals surface area contributed by atoms with E-state index in [1.54, 1.807) is 0 Å². The minimum absolute atomic E-state index is 0.628. The zero-order valence-electron chi connectivity index (χ0n) is 11.0. The van der Waals surface area contributed by atoms with Crippen molar-refractivity contribution in [2.24, 2.45) is 0 Å². The maximum atomic E-state index is 4.58. The Morgan fingerprint density at radius 2 is 2.11 bits per heavy atom. The predicted molar refractivity (Wildman–Crippen MR) is 73.3 cm³/mol. The number of aromatic nitrogens is 2. The highest BCUT2D eigenvalue weighted by Gasteiger charge is 2.21.